The van der Waals surface area contributed by atoms with Crippen LogP contribution in [0.4, 0.5) is 0 Å². The lowest BCUT2D eigenvalue weighted by atomic mass is 10.4. The third kappa shape index (κ3) is 3.07. The molecule has 0 aromatic heterocycles. The van der Waals surface area contributed by atoms with Gasteiger partial charge in [0.2, 0.25) is 0 Å². The molecule has 2 N–H and O–H groups in total. The van der Waals surface area contributed by atoms with E-state index >= 15 is 0 Å². The minimum atomic E-state index is -3.09. The summed E-state index contributed by atoms with van der Waals surface area (Å²) in [4.78, 5) is 0. The van der Waals surface area contributed by atoms with Crippen molar-refractivity contribution in [3.63, 3.8) is 0 Å². The molecule has 0 radical (unpaired) electrons. The van der Waals surface area contributed by atoms with Crippen molar-refractivity contribution in [2.75, 3.05) is 40.3 Å². The highest BCUT2D eigenvalue weighted by molar-refractivity contribution is 7.82. The Labute approximate surface area is 85.7 Å². The molecule has 80 valence electrons. The van der Waals surface area contributed by atoms with Crippen molar-refractivity contribution in [3.05, 3.63) is 0 Å². The van der Waals surface area contributed by atoms with Crippen molar-refractivity contribution in [2.24, 2.45) is 0 Å². The van der Waals surface area contributed by atoms with Crippen LogP contribution in [-0.4, -0.2) is 53.0 Å². The lowest BCUT2D eigenvalue weighted by molar-refractivity contribution is -0.772. The molecule has 1 aliphatic heterocycles. The van der Waals surface area contributed by atoms with Gasteiger partial charge < -0.3 is 17.7 Å². The van der Waals surface area contributed by atoms with E-state index in [0.717, 1.165) is 13.1 Å². The Morgan fingerprint density at radius 2 is 1.69 bits per heavy atom. The zero-order valence-electron chi connectivity index (χ0n) is 7.88. The Hall–Kier alpha value is 0.120. The molecule has 13 heavy (non-hydrogen) atoms. The van der Waals surface area contributed by atoms with Gasteiger partial charge in [0.25, 0.3) is 0 Å². The van der Waals surface area contributed by atoms with Crippen LogP contribution in [0.15, 0.2) is 0 Å². The summed E-state index contributed by atoms with van der Waals surface area (Å²) in [5.74, 6) is 0. The van der Waals surface area contributed by atoms with Crippen LogP contribution in [0.1, 0.15) is 0 Å². The standard InChI is InChI=1S/C6H15N3O2S.ClH/c1-8(2)12(10,11)9-5-3-7-4-6-9;/h7H,3-6H2,1-2H3;1H. The van der Waals surface area contributed by atoms with E-state index in [1.165, 1.54) is 4.31 Å². The second kappa shape index (κ2) is 5.11. The van der Waals surface area contributed by atoms with E-state index in [0.29, 0.717) is 17.4 Å². The summed E-state index contributed by atoms with van der Waals surface area (Å²) in [7, 11) is 0.0576. The fourth-order valence-corrected chi connectivity index (χ4v) is 2.46. The minimum Gasteiger partial charge on any atom is -1.00 e. The molecule has 0 aliphatic carbocycles. The minimum absolute atomic E-state index is 0. The highest BCUT2D eigenvalue weighted by atomic mass is 35.5. The molecule has 0 spiro atoms. The van der Waals surface area contributed by atoms with Gasteiger partial charge in [-0.15, -0.1) is 0 Å². The number of nitrogens with zero attached hydrogens (tertiary/aromatic N) is 1. The molecule has 0 aromatic rings. The molecular formula is C6H16ClN3O2S. The van der Waals surface area contributed by atoms with Crippen LogP contribution in [0.3, 0.4) is 0 Å². The summed E-state index contributed by atoms with van der Waals surface area (Å²) >= 11 is 0. The monoisotopic (exact) mass is 229 g/mol. The van der Waals surface area contributed by atoms with E-state index in [1.54, 1.807) is 14.1 Å². The highest BCUT2D eigenvalue weighted by Crippen LogP contribution is 1.82. The predicted molar refractivity (Wildman–Crippen MR) is 46.2 cm³/mol. The van der Waals surface area contributed by atoms with E-state index in [1.807, 2.05) is 0 Å². The van der Waals surface area contributed by atoms with Gasteiger partial charge in [0.1, 0.15) is 13.1 Å². The van der Waals surface area contributed by atoms with E-state index in [2.05, 4.69) is 5.32 Å². The maximum atomic E-state index is 11.5. The third-order valence-electron chi connectivity index (χ3n) is 2.01. The summed E-state index contributed by atoms with van der Waals surface area (Å²) in [5, 5.41) is 3.12. The van der Waals surface area contributed by atoms with Gasteiger partial charge >= 0.3 is 10.2 Å². The largest absolute Gasteiger partial charge is 1.00 e. The van der Waals surface area contributed by atoms with Crippen molar-refractivity contribution in [3.8, 4) is 0 Å². The van der Waals surface area contributed by atoms with Gasteiger partial charge in [-0.05, 0) is 0 Å². The fraction of sp³-hybridized carbons (Fsp3) is 1.00. The molecule has 0 unspecified atom stereocenters. The first-order valence-corrected chi connectivity index (χ1v) is 5.47. The lowest BCUT2D eigenvalue weighted by Crippen LogP contribution is -3.17. The van der Waals surface area contributed by atoms with Gasteiger partial charge in [0.15, 0.2) is 0 Å². The average Bonchev–Trinajstić information content (AvgIpc) is 2.06. The van der Waals surface area contributed by atoms with E-state index in [4.69, 9.17) is 0 Å². The van der Waals surface area contributed by atoms with Crippen LogP contribution in [0.25, 0.3) is 0 Å². The quantitative estimate of drug-likeness (QED) is 0.497. The van der Waals surface area contributed by atoms with E-state index in [-0.39, 0.29) is 12.4 Å². The number of hydrogen-bond donors (Lipinski definition) is 2. The maximum absolute atomic E-state index is 11.5. The van der Waals surface area contributed by atoms with Crippen molar-refractivity contribution in [2.45, 2.75) is 0 Å². The third-order valence-corrected chi connectivity index (χ3v) is 4.11. The van der Waals surface area contributed by atoms with Crippen LogP contribution >= 0.6 is 0 Å². The smallest absolute Gasteiger partial charge is 0.370 e. The van der Waals surface area contributed by atoms with Gasteiger partial charge in [-0.25, -0.2) is 4.31 Å². The average molecular weight is 230 g/mol. The molecule has 7 heteroatoms. The van der Waals surface area contributed by atoms with Gasteiger partial charge in [0, 0.05) is 27.2 Å². The lowest BCUT2D eigenvalue weighted by Gasteiger charge is -2.25. The molecule has 1 saturated heterocycles. The fourth-order valence-electron chi connectivity index (χ4n) is 1.22. The molecule has 0 amide bonds. The van der Waals surface area contributed by atoms with Crippen molar-refractivity contribution < 1.29 is 25.1 Å². The van der Waals surface area contributed by atoms with Crippen LogP contribution in [0.2, 0.25) is 0 Å². The Morgan fingerprint density at radius 1 is 1.23 bits per heavy atom. The predicted octanol–water partition coefficient (Wildman–Crippen LogP) is -5.72. The molecule has 0 bridgehead atoms. The summed E-state index contributed by atoms with van der Waals surface area (Å²) in [5.41, 5.74) is 0. The topological polar surface area (TPSA) is 53.9 Å². The Balaban J connectivity index is 0.00000144. The second-order valence-corrected chi connectivity index (χ2v) is 5.33. The Bertz CT molecular complexity index is 236. The number of rotatable bonds is 2. The molecule has 0 atom stereocenters. The number of quaternary nitrogens is 1. The van der Waals surface area contributed by atoms with Crippen molar-refractivity contribution in [1.82, 2.24) is 9.62 Å². The maximum Gasteiger partial charge on any atom is 0.370 e. The van der Waals surface area contributed by atoms with Crippen LogP contribution in [0.5, 0.6) is 0 Å². The molecule has 5 nitrogen and oxygen atoms in total. The Morgan fingerprint density at radius 3 is 2.08 bits per heavy atom. The van der Waals surface area contributed by atoms with Gasteiger partial charge in [-0.3, -0.25) is 0 Å². The summed E-state index contributed by atoms with van der Waals surface area (Å²) in [6.07, 6.45) is 0. The molecule has 1 fully saturated rings. The summed E-state index contributed by atoms with van der Waals surface area (Å²) < 4.78 is 25.0. The Kier molecular flexibility index (Phi) is 5.16. The molecule has 0 aromatic carbocycles. The van der Waals surface area contributed by atoms with Crippen LogP contribution in [0, 0.1) is 0 Å². The number of hydrogen-bond acceptors (Lipinski definition) is 3. The molecule has 1 rings (SSSR count). The zero-order valence-corrected chi connectivity index (χ0v) is 9.45. The zero-order chi connectivity index (χ0) is 9.19. The highest BCUT2D eigenvalue weighted by Gasteiger charge is 2.29. The van der Waals surface area contributed by atoms with Crippen molar-refractivity contribution in [1.29, 1.82) is 0 Å². The van der Waals surface area contributed by atoms with Crippen LogP contribution < -0.4 is 22.0 Å². The van der Waals surface area contributed by atoms with Gasteiger partial charge in [0.05, 0.1) is 0 Å². The second-order valence-electron chi connectivity index (χ2n) is 3.08. The number of halogens is 1. The number of nitrogens with one attached hydrogen (secondary N) is 2. The van der Waals surface area contributed by atoms with E-state index in [9.17, 15) is 8.42 Å². The molecule has 1 heterocycles. The SMILES string of the molecule is CN(C)S(=O)(=O)[NH+]1CCNCC1.[Cl-]. The summed E-state index contributed by atoms with van der Waals surface area (Å²) in [6, 6.07) is 0. The summed E-state index contributed by atoms with van der Waals surface area (Å²) in [6.45, 7) is 2.87. The normalized spacial score (nSPS) is 19.9. The van der Waals surface area contributed by atoms with Gasteiger partial charge in [-0.1, -0.05) is 0 Å². The van der Waals surface area contributed by atoms with E-state index < -0.39 is 10.2 Å². The number of piperazine rings is 1. The molecule has 0 saturated carbocycles. The van der Waals surface area contributed by atoms with Crippen LogP contribution in [-0.2, 0) is 10.2 Å². The van der Waals surface area contributed by atoms with Crippen molar-refractivity contribution >= 4 is 10.2 Å². The molecular weight excluding hydrogens is 214 g/mol. The first kappa shape index (κ1) is 13.1. The first-order chi connectivity index (χ1) is 5.55. The van der Waals surface area contributed by atoms with Gasteiger partial charge in [-0.2, -0.15) is 12.7 Å². The first-order valence-electron chi connectivity index (χ1n) is 4.03. The molecule has 1 aliphatic rings.